The number of ether oxygens (including phenoxy) is 2. The zero-order valence-corrected chi connectivity index (χ0v) is 13.6. The Morgan fingerprint density at radius 2 is 1.74 bits per heavy atom. The van der Waals surface area contributed by atoms with Crippen LogP contribution >= 0.6 is 0 Å². The molecule has 0 spiro atoms. The minimum Gasteiger partial charge on any atom is -0.492 e. The molecule has 0 saturated heterocycles. The quantitative estimate of drug-likeness (QED) is 0.760. The molecule has 1 atom stereocenters. The van der Waals surface area contributed by atoms with Crippen molar-refractivity contribution in [3.05, 3.63) is 60.2 Å². The van der Waals surface area contributed by atoms with Crippen LogP contribution in [0.3, 0.4) is 0 Å². The van der Waals surface area contributed by atoms with Gasteiger partial charge in [0, 0.05) is 0 Å². The number of hydrogen-bond acceptors (Lipinski definition) is 3. The summed E-state index contributed by atoms with van der Waals surface area (Å²) < 4.78 is 11.3. The molecule has 0 heterocycles. The van der Waals surface area contributed by atoms with E-state index in [1.165, 1.54) is 0 Å². The summed E-state index contributed by atoms with van der Waals surface area (Å²) >= 11 is 0. The van der Waals surface area contributed by atoms with Crippen molar-refractivity contribution in [3.8, 4) is 11.5 Å². The second-order valence-electron chi connectivity index (χ2n) is 5.28. The summed E-state index contributed by atoms with van der Waals surface area (Å²) in [7, 11) is 0. The highest BCUT2D eigenvalue weighted by molar-refractivity contribution is 5.81. The third kappa shape index (κ3) is 5.66. The van der Waals surface area contributed by atoms with Crippen molar-refractivity contribution in [3.63, 3.8) is 0 Å². The number of carbonyl (C=O) groups excluding carboxylic acids is 1. The van der Waals surface area contributed by atoms with Gasteiger partial charge in [-0.1, -0.05) is 42.8 Å². The standard InChI is InChI=1S/C19H23NO3/c1-3-18(23-17-11-9-15(2)10-12-17)19(21)20-13-14-22-16-7-5-4-6-8-16/h4-12,18H,3,13-14H2,1-2H3,(H,20,21)/t18-/m0/s1. The van der Waals surface area contributed by atoms with Crippen LogP contribution in [0.25, 0.3) is 0 Å². The van der Waals surface area contributed by atoms with E-state index in [0.29, 0.717) is 25.3 Å². The van der Waals surface area contributed by atoms with E-state index in [-0.39, 0.29) is 5.91 Å². The summed E-state index contributed by atoms with van der Waals surface area (Å²) in [5, 5.41) is 2.85. The van der Waals surface area contributed by atoms with Crippen molar-refractivity contribution in [2.24, 2.45) is 0 Å². The van der Waals surface area contributed by atoms with E-state index in [1.54, 1.807) is 0 Å². The Labute approximate surface area is 137 Å². The van der Waals surface area contributed by atoms with Gasteiger partial charge in [0.15, 0.2) is 6.10 Å². The SMILES string of the molecule is CC[C@H](Oc1ccc(C)cc1)C(=O)NCCOc1ccccc1. The average Bonchev–Trinajstić information content (AvgIpc) is 2.59. The normalized spacial score (nSPS) is 11.6. The van der Waals surface area contributed by atoms with Gasteiger partial charge in [-0.15, -0.1) is 0 Å². The average molecular weight is 313 g/mol. The lowest BCUT2D eigenvalue weighted by Gasteiger charge is -2.17. The van der Waals surface area contributed by atoms with Crippen LogP contribution in [0.1, 0.15) is 18.9 Å². The lowest BCUT2D eigenvalue weighted by Crippen LogP contribution is -2.39. The van der Waals surface area contributed by atoms with Crippen LogP contribution in [0, 0.1) is 6.92 Å². The molecule has 0 bridgehead atoms. The maximum absolute atomic E-state index is 12.2. The number of benzene rings is 2. The summed E-state index contributed by atoms with van der Waals surface area (Å²) in [5.41, 5.74) is 1.16. The molecule has 0 aliphatic heterocycles. The molecule has 122 valence electrons. The molecule has 0 unspecified atom stereocenters. The van der Waals surface area contributed by atoms with Gasteiger partial charge in [0.25, 0.3) is 5.91 Å². The molecular formula is C19H23NO3. The largest absolute Gasteiger partial charge is 0.492 e. The highest BCUT2D eigenvalue weighted by Gasteiger charge is 2.17. The number of hydrogen-bond donors (Lipinski definition) is 1. The van der Waals surface area contributed by atoms with Gasteiger partial charge in [-0.2, -0.15) is 0 Å². The van der Waals surface area contributed by atoms with E-state index in [1.807, 2.05) is 68.4 Å². The first-order chi connectivity index (χ1) is 11.2. The Bertz CT molecular complexity index is 596. The summed E-state index contributed by atoms with van der Waals surface area (Å²) in [6.45, 7) is 4.82. The molecule has 2 aromatic rings. The zero-order chi connectivity index (χ0) is 16.5. The summed E-state index contributed by atoms with van der Waals surface area (Å²) in [6, 6.07) is 17.2. The number of nitrogens with one attached hydrogen (secondary N) is 1. The Hall–Kier alpha value is -2.49. The lowest BCUT2D eigenvalue weighted by molar-refractivity contribution is -0.128. The molecule has 0 saturated carbocycles. The fourth-order valence-corrected chi connectivity index (χ4v) is 2.08. The van der Waals surface area contributed by atoms with Crippen molar-refractivity contribution in [1.29, 1.82) is 0 Å². The first-order valence-electron chi connectivity index (χ1n) is 7.88. The molecule has 0 aliphatic carbocycles. The van der Waals surface area contributed by atoms with E-state index in [9.17, 15) is 4.79 Å². The maximum Gasteiger partial charge on any atom is 0.261 e. The third-order valence-electron chi connectivity index (χ3n) is 3.38. The van der Waals surface area contributed by atoms with E-state index in [4.69, 9.17) is 9.47 Å². The second kappa shape index (κ2) is 8.83. The van der Waals surface area contributed by atoms with E-state index in [0.717, 1.165) is 11.3 Å². The second-order valence-corrected chi connectivity index (χ2v) is 5.28. The number of para-hydroxylation sites is 1. The van der Waals surface area contributed by atoms with Crippen LogP contribution < -0.4 is 14.8 Å². The summed E-state index contributed by atoms with van der Waals surface area (Å²) in [6.07, 6.45) is 0.119. The predicted molar refractivity (Wildman–Crippen MR) is 90.8 cm³/mol. The molecule has 4 heteroatoms. The van der Waals surface area contributed by atoms with Gasteiger partial charge in [0.2, 0.25) is 0 Å². The van der Waals surface area contributed by atoms with Gasteiger partial charge >= 0.3 is 0 Å². The fourth-order valence-electron chi connectivity index (χ4n) is 2.08. The zero-order valence-electron chi connectivity index (χ0n) is 13.6. The summed E-state index contributed by atoms with van der Waals surface area (Å²) in [4.78, 5) is 12.2. The lowest BCUT2D eigenvalue weighted by atomic mass is 10.2. The smallest absolute Gasteiger partial charge is 0.261 e. The van der Waals surface area contributed by atoms with Crippen molar-refractivity contribution >= 4 is 5.91 Å². The minimum absolute atomic E-state index is 0.121. The van der Waals surface area contributed by atoms with Gasteiger partial charge in [-0.05, 0) is 37.6 Å². The van der Waals surface area contributed by atoms with Crippen LogP contribution in [0.4, 0.5) is 0 Å². The Balaban J connectivity index is 1.75. The molecule has 0 fully saturated rings. The third-order valence-corrected chi connectivity index (χ3v) is 3.38. The van der Waals surface area contributed by atoms with Crippen LogP contribution in [-0.4, -0.2) is 25.2 Å². The van der Waals surface area contributed by atoms with Gasteiger partial charge in [0.1, 0.15) is 18.1 Å². The number of amides is 1. The van der Waals surface area contributed by atoms with Gasteiger partial charge in [-0.3, -0.25) is 4.79 Å². The van der Waals surface area contributed by atoms with Gasteiger partial charge < -0.3 is 14.8 Å². The molecular weight excluding hydrogens is 290 g/mol. The minimum atomic E-state index is -0.491. The number of carbonyl (C=O) groups is 1. The molecule has 1 amide bonds. The molecule has 1 N–H and O–H groups in total. The van der Waals surface area contributed by atoms with Crippen LogP contribution in [-0.2, 0) is 4.79 Å². The number of rotatable bonds is 8. The topological polar surface area (TPSA) is 47.6 Å². The van der Waals surface area contributed by atoms with Crippen molar-refractivity contribution in [1.82, 2.24) is 5.32 Å². The van der Waals surface area contributed by atoms with E-state index >= 15 is 0 Å². The monoisotopic (exact) mass is 313 g/mol. The highest BCUT2D eigenvalue weighted by Crippen LogP contribution is 2.14. The highest BCUT2D eigenvalue weighted by atomic mass is 16.5. The Kier molecular flexibility index (Phi) is 6.48. The van der Waals surface area contributed by atoms with Crippen LogP contribution in [0.5, 0.6) is 11.5 Å². The molecule has 4 nitrogen and oxygen atoms in total. The maximum atomic E-state index is 12.2. The van der Waals surface area contributed by atoms with Crippen LogP contribution in [0.15, 0.2) is 54.6 Å². The van der Waals surface area contributed by atoms with Gasteiger partial charge in [-0.25, -0.2) is 0 Å². The predicted octanol–water partition coefficient (Wildman–Crippen LogP) is 3.35. The first kappa shape index (κ1) is 16.9. The molecule has 2 aromatic carbocycles. The van der Waals surface area contributed by atoms with E-state index in [2.05, 4.69) is 5.32 Å². The van der Waals surface area contributed by atoms with Crippen LogP contribution in [0.2, 0.25) is 0 Å². The Morgan fingerprint density at radius 3 is 2.39 bits per heavy atom. The van der Waals surface area contributed by atoms with Crippen molar-refractivity contribution < 1.29 is 14.3 Å². The molecule has 0 aliphatic rings. The Morgan fingerprint density at radius 1 is 1.04 bits per heavy atom. The van der Waals surface area contributed by atoms with Crippen molar-refractivity contribution in [2.45, 2.75) is 26.4 Å². The fraction of sp³-hybridized carbons (Fsp3) is 0.316. The van der Waals surface area contributed by atoms with Gasteiger partial charge in [0.05, 0.1) is 6.54 Å². The molecule has 0 aromatic heterocycles. The molecule has 23 heavy (non-hydrogen) atoms. The molecule has 2 rings (SSSR count). The van der Waals surface area contributed by atoms with Crippen molar-refractivity contribution in [2.75, 3.05) is 13.2 Å². The first-order valence-corrected chi connectivity index (χ1v) is 7.88. The molecule has 0 radical (unpaired) electrons. The van der Waals surface area contributed by atoms with E-state index < -0.39 is 6.10 Å². The number of aryl methyl sites for hydroxylation is 1. The summed E-state index contributed by atoms with van der Waals surface area (Å²) in [5.74, 6) is 1.38.